The summed E-state index contributed by atoms with van der Waals surface area (Å²) in [6.07, 6.45) is 5.47. The lowest BCUT2D eigenvalue weighted by Crippen LogP contribution is -2.09. The summed E-state index contributed by atoms with van der Waals surface area (Å²) in [6, 6.07) is 2.40. The van der Waals surface area contributed by atoms with Gasteiger partial charge in [0.1, 0.15) is 5.15 Å². The van der Waals surface area contributed by atoms with Crippen molar-refractivity contribution in [2.45, 2.75) is 33.4 Å². The van der Waals surface area contributed by atoms with Gasteiger partial charge in [0, 0.05) is 12.2 Å². The molecule has 2 aromatic rings. The van der Waals surface area contributed by atoms with Crippen LogP contribution >= 0.6 is 11.6 Å². The van der Waals surface area contributed by atoms with Gasteiger partial charge in [-0.3, -0.25) is 0 Å². The summed E-state index contributed by atoms with van der Waals surface area (Å²) in [5, 5.41) is 3.88. The van der Waals surface area contributed by atoms with E-state index in [4.69, 9.17) is 11.6 Å². The third kappa shape index (κ3) is 2.82. The molecule has 0 aromatic carbocycles. The van der Waals surface area contributed by atoms with Gasteiger partial charge in [0.15, 0.2) is 0 Å². The van der Waals surface area contributed by atoms with Gasteiger partial charge in [-0.05, 0) is 32.4 Å². The first kappa shape index (κ1) is 12.9. The van der Waals surface area contributed by atoms with E-state index in [1.165, 1.54) is 0 Å². The highest BCUT2D eigenvalue weighted by Gasteiger charge is 2.05. The minimum absolute atomic E-state index is 0.411. The van der Waals surface area contributed by atoms with Crippen LogP contribution in [0.2, 0.25) is 5.15 Å². The highest BCUT2D eigenvalue weighted by molar-refractivity contribution is 6.30. The molecule has 0 saturated carbocycles. The molecule has 0 aliphatic carbocycles. The van der Waals surface area contributed by atoms with E-state index in [0.29, 0.717) is 11.2 Å². The highest BCUT2D eigenvalue weighted by atomic mass is 35.5. The molecule has 18 heavy (non-hydrogen) atoms. The number of rotatable bonds is 4. The standard InChI is InChI=1S/C13H17ClN4/c1-9(2)18-8-15-6-12(18)7-16-11-4-10(3)13(14)17-5-11/h4-6,8-9,16H,7H2,1-3H3. The van der Waals surface area contributed by atoms with Crippen LogP contribution in [0.25, 0.3) is 0 Å². The molecule has 0 atom stereocenters. The van der Waals surface area contributed by atoms with Gasteiger partial charge >= 0.3 is 0 Å². The molecule has 0 saturated heterocycles. The minimum atomic E-state index is 0.411. The lowest BCUT2D eigenvalue weighted by molar-refractivity contribution is 0.577. The fourth-order valence-corrected chi connectivity index (χ4v) is 1.88. The van der Waals surface area contributed by atoms with Gasteiger partial charge in [-0.25, -0.2) is 9.97 Å². The Morgan fingerprint density at radius 3 is 2.83 bits per heavy atom. The summed E-state index contributed by atoms with van der Waals surface area (Å²) >= 11 is 5.89. The minimum Gasteiger partial charge on any atom is -0.378 e. The molecule has 0 spiro atoms. The second kappa shape index (κ2) is 5.40. The van der Waals surface area contributed by atoms with Crippen LogP contribution in [-0.4, -0.2) is 14.5 Å². The smallest absolute Gasteiger partial charge is 0.132 e. The van der Waals surface area contributed by atoms with Gasteiger partial charge in [-0.2, -0.15) is 0 Å². The van der Waals surface area contributed by atoms with Crippen molar-refractivity contribution in [2.24, 2.45) is 0 Å². The molecule has 0 radical (unpaired) electrons. The fourth-order valence-electron chi connectivity index (χ4n) is 1.78. The zero-order chi connectivity index (χ0) is 13.1. The van der Waals surface area contributed by atoms with E-state index in [1.54, 1.807) is 6.20 Å². The Morgan fingerprint density at radius 1 is 1.39 bits per heavy atom. The zero-order valence-electron chi connectivity index (χ0n) is 10.8. The lowest BCUT2D eigenvalue weighted by atomic mass is 10.3. The quantitative estimate of drug-likeness (QED) is 0.861. The number of pyridine rings is 1. The Bertz CT molecular complexity index is 534. The summed E-state index contributed by atoms with van der Waals surface area (Å²) in [5.41, 5.74) is 3.09. The molecular weight excluding hydrogens is 248 g/mol. The molecule has 4 nitrogen and oxygen atoms in total. The SMILES string of the molecule is Cc1cc(NCc2cncn2C(C)C)cnc1Cl. The number of hydrogen-bond donors (Lipinski definition) is 1. The second-order valence-electron chi connectivity index (χ2n) is 4.57. The third-order valence-electron chi connectivity index (χ3n) is 2.79. The van der Waals surface area contributed by atoms with Crippen molar-refractivity contribution in [2.75, 3.05) is 5.32 Å². The molecule has 0 bridgehead atoms. The topological polar surface area (TPSA) is 42.7 Å². The van der Waals surface area contributed by atoms with Crippen molar-refractivity contribution in [1.82, 2.24) is 14.5 Å². The molecule has 0 amide bonds. The van der Waals surface area contributed by atoms with Crippen molar-refractivity contribution in [3.05, 3.63) is 41.2 Å². The maximum Gasteiger partial charge on any atom is 0.132 e. The maximum absolute atomic E-state index is 5.89. The van der Waals surface area contributed by atoms with Crippen LogP contribution in [0.5, 0.6) is 0 Å². The maximum atomic E-state index is 5.89. The molecule has 2 rings (SSSR count). The second-order valence-corrected chi connectivity index (χ2v) is 4.93. The highest BCUT2D eigenvalue weighted by Crippen LogP contribution is 2.17. The van der Waals surface area contributed by atoms with Crippen molar-refractivity contribution in [3.63, 3.8) is 0 Å². The van der Waals surface area contributed by atoms with Crippen molar-refractivity contribution in [3.8, 4) is 0 Å². The van der Waals surface area contributed by atoms with Crippen LogP contribution in [0.4, 0.5) is 5.69 Å². The van der Waals surface area contributed by atoms with Crippen LogP contribution in [0, 0.1) is 6.92 Å². The van der Waals surface area contributed by atoms with E-state index in [2.05, 4.69) is 33.7 Å². The van der Waals surface area contributed by atoms with Gasteiger partial charge in [0.05, 0.1) is 30.5 Å². The molecular formula is C13H17ClN4. The van der Waals surface area contributed by atoms with Gasteiger partial charge in [0.2, 0.25) is 0 Å². The van der Waals surface area contributed by atoms with Crippen LogP contribution < -0.4 is 5.32 Å². The molecule has 1 N–H and O–H groups in total. The van der Waals surface area contributed by atoms with Gasteiger partial charge in [0.25, 0.3) is 0 Å². The first-order valence-corrected chi connectivity index (χ1v) is 6.32. The summed E-state index contributed by atoms with van der Waals surface area (Å²) in [7, 11) is 0. The number of nitrogens with one attached hydrogen (secondary N) is 1. The van der Waals surface area contributed by atoms with Crippen LogP contribution in [0.3, 0.4) is 0 Å². The Hall–Kier alpha value is -1.55. The molecule has 0 unspecified atom stereocenters. The van der Waals surface area contributed by atoms with Crippen molar-refractivity contribution < 1.29 is 0 Å². The summed E-state index contributed by atoms with van der Waals surface area (Å²) in [5.74, 6) is 0. The Balaban J connectivity index is 2.07. The Kier molecular flexibility index (Phi) is 3.87. The number of aromatic nitrogens is 3. The molecule has 2 heterocycles. The number of imidazole rings is 1. The van der Waals surface area contributed by atoms with E-state index < -0.39 is 0 Å². The van der Waals surface area contributed by atoms with Crippen LogP contribution in [0.15, 0.2) is 24.8 Å². The van der Waals surface area contributed by atoms with Crippen LogP contribution in [-0.2, 0) is 6.54 Å². The number of halogens is 1. The normalized spacial score (nSPS) is 10.9. The zero-order valence-corrected chi connectivity index (χ0v) is 11.6. The predicted molar refractivity (Wildman–Crippen MR) is 73.9 cm³/mol. The number of aryl methyl sites for hydroxylation is 1. The average Bonchev–Trinajstić information content (AvgIpc) is 2.79. The fraction of sp³-hybridized carbons (Fsp3) is 0.385. The monoisotopic (exact) mass is 264 g/mol. The largest absolute Gasteiger partial charge is 0.378 e. The van der Waals surface area contributed by atoms with E-state index in [9.17, 15) is 0 Å². The Morgan fingerprint density at radius 2 is 2.17 bits per heavy atom. The predicted octanol–water partition coefficient (Wildman–Crippen LogP) is 3.43. The molecule has 0 fully saturated rings. The summed E-state index contributed by atoms with van der Waals surface area (Å²) in [6.45, 7) is 6.94. The number of anilines is 1. The lowest BCUT2D eigenvalue weighted by Gasteiger charge is -2.13. The summed E-state index contributed by atoms with van der Waals surface area (Å²) < 4.78 is 2.14. The third-order valence-corrected chi connectivity index (χ3v) is 3.19. The first-order chi connectivity index (χ1) is 8.58. The number of hydrogen-bond acceptors (Lipinski definition) is 3. The summed E-state index contributed by atoms with van der Waals surface area (Å²) in [4.78, 5) is 8.29. The van der Waals surface area contributed by atoms with Gasteiger partial charge in [-0.15, -0.1) is 0 Å². The molecule has 5 heteroatoms. The van der Waals surface area contributed by atoms with Gasteiger partial charge in [-0.1, -0.05) is 11.6 Å². The van der Waals surface area contributed by atoms with Crippen molar-refractivity contribution in [1.29, 1.82) is 0 Å². The van der Waals surface area contributed by atoms with E-state index in [0.717, 1.165) is 23.5 Å². The first-order valence-electron chi connectivity index (χ1n) is 5.94. The Labute approximate surface area is 112 Å². The number of nitrogens with zero attached hydrogens (tertiary/aromatic N) is 3. The van der Waals surface area contributed by atoms with E-state index >= 15 is 0 Å². The van der Waals surface area contributed by atoms with Gasteiger partial charge < -0.3 is 9.88 Å². The van der Waals surface area contributed by atoms with Crippen molar-refractivity contribution >= 4 is 17.3 Å². The average molecular weight is 265 g/mol. The molecule has 0 aliphatic rings. The van der Waals surface area contributed by atoms with Crippen LogP contribution in [0.1, 0.15) is 31.1 Å². The molecule has 2 aromatic heterocycles. The molecule has 0 aliphatic heterocycles. The van der Waals surface area contributed by atoms with E-state index in [-0.39, 0.29) is 0 Å². The molecule has 96 valence electrons. The van der Waals surface area contributed by atoms with E-state index in [1.807, 2.05) is 25.5 Å².